The summed E-state index contributed by atoms with van der Waals surface area (Å²) in [5, 5.41) is 19.7. The van der Waals surface area contributed by atoms with Crippen molar-refractivity contribution in [2.75, 3.05) is 27.4 Å². The predicted molar refractivity (Wildman–Crippen MR) is 66.9 cm³/mol. The number of methoxy groups -OCH3 is 2. The van der Waals surface area contributed by atoms with Gasteiger partial charge in [0.2, 0.25) is 0 Å². The first-order chi connectivity index (χ1) is 9.33. The number of hydrogen-bond acceptors (Lipinski definition) is 8. The van der Waals surface area contributed by atoms with Gasteiger partial charge < -0.3 is 29.2 Å². The van der Waals surface area contributed by atoms with Crippen molar-refractivity contribution in [3.63, 3.8) is 0 Å². The molecule has 0 aromatic carbocycles. The Bertz CT molecular complexity index is 306. The molecule has 4 atom stereocenters. The molecule has 20 heavy (non-hydrogen) atoms. The Morgan fingerprint density at radius 1 is 1.05 bits per heavy atom. The van der Waals surface area contributed by atoms with E-state index in [-0.39, 0.29) is 6.61 Å². The number of carbonyl (C=O) groups excluding carboxylic acids is 2. The molecule has 0 bridgehead atoms. The zero-order valence-electron chi connectivity index (χ0n) is 12.1. The van der Waals surface area contributed by atoms with Gasteiger partial charge in [0.05, 0.1) is 6.61 Å². The largest absolute Gasteiger partial charge is 0.463 e. The van der Waals surface area contributed by atoms with Crippen LogP contribution in [0.1, 0.15) is 13.8 Å². The maximum absolute atomic E-state index is 11.0. The zero-order chi connectivity index (χ0) is 15.7. The average molecular weight is 294 g/mol. The number of ether oxygens (including phenoxy) is 4. The van der Waals surface area contributed by atoms with E-state index in [1.807, 2.05) is 0 Å². The summed E-state index contributed by atoms with van der Waals surface area (Å²) in [6, 6.07) is 0. The Kier molecular flexibility index (Phi) is 9.06. The molecule has 0 rings (SSSR count). The Labute approximate surface area is 117 Å². The third-order valence-electron chi connectivity index (χ3n) is 2.48. The molecule has 0 saturated heterocycles. The highest BCUT2D eigenvalue weighted by atomic mass is 16.6. The highest BCUT2D eigenvalue weighted by Crippen LogP contribution is 2.13. The van der Waals surface area contributed by atoms with Crippen molar-refractivity contribution < 1.29 is 38.7 Å². The van der Waals surface area contributed by atoms with E-state index >= 15 is 0 Å². The Balaban J connectivity index is 4.72. The predicted octanol–water partition coefficient (Wildman–Crippen LogP) is -1.14. The van der Waals surface area contributed by atoms with E-state index in [1.165, 1.54) is 28.1 Å². The van der Waals surface area contributed by atoms with Gasteiger partial charge in [-0.3, -0.25) is 9.59 Å². The van der Waals surface area contributed by atoms with Crippen LogP contribution in [-0.4, -0.2) is 74.0 Å². The lowest BCUT2D eigenvalue weighted by molar-refractivity contribution is -0.177. The molecule has 0 amide bonds. The van der Waals surface area contributed by atoms with Crippen molar-refractivity contribution in [3.05, 3.63) is 0 Å². The van der Waals surface area contributed by atoms with Crippen LogP contribution < -0.4 is 0 Å². The maximum Gasteiger partial charge on any atom is 0.303 e. The van der Waals surface area contributed by atoms with Crippen LogP contribution in [0.15, 0.2) is 0 Å². The van der Waals surface area contributed by atoms with E-state index in [4.69, 9.17) is 14.2 Å². The van der Waals surface area contributed by atoms with Crippen LogP contribution >= 0.6 is 0 Å². The van der Waals surface area contributed by atoms with Crippen LogP contribution in [0.4, 0.5) is 0 Å². The normalized spacial score (nSPS) is 16.9. The van der Waals surface area contributed by atoms with E-state index in [0.717, 1.165) is 0 Å². The number of aliphatic hydroxyl groups is 2. The molecule has 118 valence electrons. The molecule has 0 spiro atoms. The lowest BCUT2D eigenvalue weighted by Crippen LogP contribution is -2.50. The third kappa shape index (κ3) is 6.80. The number of aliphatic hydroxyl groups excluding tert-OH is 2. The standard InChI is InChI=1S/C12H22O8/c1-7(13)19-5-9(15)11(16)12(18-4)10(6-17-3)20-8(2)14/h9-12,15-16H,5-6H2,1-4H3/t9-,10-,11-,12-/m1/s1. The quantitative estimate of drug-likeness (QED) is 0.514. The average Bonchev–Trinajstić information content (AvgIpc) is 2.36. The van der Waals surface area contributed by atoms with Gasteiger partial charge in [0.15, 0.2) is 6.10 Å². The van der Waals surface area contributed by atoms with Gasteiger partial charge in [-0.15, -0.1) is 0 Å². The molecule has 8 heteroatoms. The fraction of sp³-hybridized carbons (Fsp3) is 0.833. The van der Waals surface area contributed by atoms with Crippen molar-refractivity contribution in [2.24, 2.45) is 0 Å². The molecule has 0 heterocycles. The first kappa shape index (κ1) is 18.8. The molecule has 0 aliphatic heterocycles. The maximum atomic E-state index is 11.0. The zero-order valence-corrected chi connectivity index (χ0v) is 12.1. The van der Waals surface area contributed by atoms with E-state index in [2.05, 4.69) is 4.74 Å². The Morgan fingerprint density at radius 3 is 2.05 bits per heavy atom. The van der Waals surface area contributed by atoms with Gasteiger partial charge in [-0.05, 0) is 0 Å². The fourth-order valence-electron chi connectivity index (χ4n) is 1.60. The van der Waals surface area contributed by atoms with Gasteiger partial charge in [-0.1, -0.05) is 0 Å². The Morgan fingerprint density at radius 2 is 1.65 bits per heavy atom. The number of hydrogen-bond donors (Lipinski definition) is 2. The highest BCUT2D eigenvalue weighted by molar-refractivity contribution is 5.66. The van der Waals surface area contributed by atoms with Crippen molar-refractivity contribution in [1.29, 1.82) is 0 Å². The SMILES string of the molecule is COC[C@@H](OC(C)=O)[C@@H](OC)[C@H](O)[C@H](O)COC(C)=O. The molecule has 0 aliphatic carbocycles. The van der Waals surface area contributed by atoms with Gasteiger partial charge >= 0.3 is 11.9 Å². The molecular formula is C12H22O8. The van der Waals surface area contributed by atoms with Crippen molar-refractivity contribution in [1.82, 2.24) is 0 Å². The van der Waals surface area contributed by atoms with Crippen molar-refractivity contribution in [3.8, 4) is 0 Å². The van der Waals surface area contributed by atoms with Gasteiger partial charge in [-0.2, -0.15) is 0 Å². The molecule has 0 aliphatic rings. The monoisotopic (exact) mass is 294 g/mol. The molecule has 8 nitrogen and oxygen atoms in total. The Hall–Kier alpha value is -1.22. The minimum Gasteiger partial charge on any atom is -0.463 e. The summed E-state index contributed by atoms with van der Waals surface area (Å²) in [4.78, 5) is 21.7. The van der Waals surface area contributed by atoms with Gasteiger partial charge in [0.1, 0.15) is 24.9 Å². The highest BCUT2D eigenvalue weighted by Gasteiger charge is 2.35. The first-order valence-corrected chi connectivity index (χ1v) is 6.01. The van der Waals surface area contributed by atoms with Gasteiger partial charge in [-0.25, -0.2) is 0 Å². The second-order valence-corrected chi connectivity index (χ2v) is 4.16. The fourth-order valence-corrected chi connectivity index (χ4v) is 1.60. The number of esters is 2. The summed E-state index contributed by atoms with van der Waals surface area (Å²) >= 11 is 0. The molecule has 0 aromatic rings. The molecule has 0 radical (unpaired) electrons. The van der Waals surface area contributed by atoms with E-state index in [0.29, 0.717) is 0 Å². The van der Waals surface area contributed by atoms with Crippen molar-refractivity contribution >= 4 is 11.9 Å². The van der Waals surface area contributed by atoms with Crippen LogP contribution in [0, 0.1) is 0 Å². The number of rotatable bonds is 9. The summed E-state index contributed by atoms with van der Waals surface area (Å²) in [6.07, 6.45) is -4.72. The van der Waals surface area contributed by atoms with Gasteiger partial charge in [0, 0.05) is 28.1 Å². The van der Waals surface area contributed by atoms with E-state index in [9.17, 15) is 19.8 Å². The van der Waals surface area contributed by atoms with Crippen molar-refractivity contribution in [2.45, 2.75) is 38.3 Å². The topological polar surface area (TPSA) is 112 Å². The summed E-state index contributed by atoms with van der Waals surface area (Å²) in [5.41, 5.74) is 0. The first-order valence-electron chi connectivity index (χ1n) is 6.01. The van der Waals surface area contributed by atoms with Crippen LogP contribution in [0.2, 0.25) is 0 Å². The third-order valence-corrected chi connectivity index (χ3v) is 2.48. The second kappa shape index (κ2) is 9.65. The lowest BCUT2D eigenvalue weighted by Gasteiger charge is -2.31. The lowest BCUT2D eigenvalue weighted by atomic mass is 10.0. The molecule has 0 saturated carbocycles. The molecular weight excluding hydrogens is 272 g/mol. The van der Waals surface area contributed by atoms with Crippen LogP contribution in [-0.2, 0) is 28.5 Å². The minimum atomic E-state index is -1.42. The smallest absolute Gasteiger partial charge is 0.303 e. The summed E-state index contributed by atoms with van der Waals surface area (Å²) in [7, 11) is 2.68. The molecule has 0 fully saturated rings. The van der Waals surface area contributed by atoms with Crippen LogP contribution in [0.5, 0.6) is 0 Å². The summed E-state index contributed by atoms with van der Waals surface area (Å²) in [6.45, 7) is 1.97. The van der Waals surface area contributed by atoms with E-state index < -0.39 is 43.0 Å². The van der Waals surface area contributed by atoms with E-state index in [1.54, 1.807) is 0 Å². The molecule has 0 aromatic heterocycles. The van der Waals surface area contributed by atoms with Gasteiger partial charge in [0.25, 0.3) is 0 Å². The number of carbonyl (C=O) groups is 2. The molecule has 0 unspecified atom stereocenters. The van der Waals surface area contributed by atoms with Crippen LogP contribution in [0.25, 0.3) is 0 Å². The summed E-state index contributed by atoms with van der Waals surface area (Å²) in [5.74, 6) is -1.16. The second-order valence-electron chi connectivity index (χ2n) is 4.16. The minimum absolute atomic E-state index is 0.0184. The summed E-state index contributed by atoms with van der Waals surface area (Å²) < 4.78 is 19.5. The van der Waals surface area contributed by atoms with Crippen LogP contribution in [0.3, 0.4) is 0 Å². The molecule has 2 N–H and O–H groups in total.